The van der Waals surface area contributed by atoms with E-state index in [0.29, 0.717) is 5.41 Å². The molecule has 2 nitrogen and oxygen atoms in total. The van der Waals surface area contributed by atoms with Gasteiger partial charge in [-0.05, 0) is 47.0 Å². The molecule has 0 saturated heterocycles. The minimum Gasteiger partial charge on any atom is -0.271 e. The lowest BCUT2D eigenvalue weighted by molar-refractivity contribution is 0.331. The molecule has 0 aromatic carbocycles. The third-order valence-electron chi connectivity index (χ3n) is 3.99. The van der Waals surface area contributed by atoms with Crippen molar-refractivity contribution in [3.8, 4) is 0 Å². The molecule has 0 spiro atoms. The topological polar surface area (TPSA) is 17.8 Å². The van der Waals surface area contributed by atoms with Gasteiger partial charge in [-0.3, -0.25) is 4.68 Å². The van der Waals surface area contributed by atoms with Crippen LogP contribution in [0.1, 0.15) is 44.0 Å². The lowest BCUT2D eigenvalue weighted by atomic mass is 9.83. The summed E-state index contributed by atoms with van der Waals surface area (Å²) in [6.07, 6.45) is 7.19. The molecule has 0 amide bonds. The van der Waals surface area contributed by atoms with Crippen molar-refractivity contribution in [3.05, 3.63) is 15.9 Å². The second kappa shape index (κ2) is 5.31. The van der Waals surface area contributed by atoms with Crippen LogP contribution in [-0.4, -0.2) is 15.7 Å². The highest BCUT2D eigenvalue weighted by atomic mass is 79.9. The van der Waals surface area contributed by atoms with Crippen LogP contribution in [0.15, 0.2) is 4.47 Å². The number of hydrogen-bond acceptors (Lipinski definition) is 1. The summed E-state index contributed by atoms with van der Waals surface area (Å²) in [5.41, 5.74) is 2.78. The van der Waals surface area contributed by atoms with Gasteiger partial charge in [0.05, 0.1) is 15.9 Å². The molecule has 0 bridgehead atoms. The van der Waals surface area contributed by atoms with Crippen molar-refractivity contribution >= 4 is 27.5 Å². The fourth-order valence-corrected chi connectivity index (χ4v) is 3.97. The number of aromatic nitrogens is 2. The summed E-state index contributed by atoms with van der Waals surface area (Å²) in [6.45, 7) is 2.14. The van der Waals surface area contributed by atoms with Crippen molar-refractivity contribution in [2.75, 3.05) is 5.88 Å². The second-order valence-corrected chi connectivity index (χ2v) is 6.26. The van der Waals surface area contributed by atoms with Crippen molar-refractivity contribution in [1.29, 1.82) is 0 Å². The fourth-order valence-electron chi connectivity index (χ4n) is 2.85. The largest absolute Gasteiger partial charge is 0.271 e. The Bertz CT molecular complexity index is 394. The highest BCUT2D eigenvalue weighted by Gasteiger charge is 2.35. The molecule has 0 unspecified atom stereocenters. The lowest BCUT2D eigenvalue weighted by Crippen LogP contribution is -2.23. The van der Waals surface area contributed by atoms with Crippen LogP contribution in [0.2, 0.25) is 0 Å². The highest BCUT2D eigenvalue weighted by molar-refractivity contribution is 9.10. The summed E-state index contributed by atoms with van der Waals surface area (Å²) < 4.78 is 3.22. The zero-order valence-corrected chi connectivity index (χ0v) is 12.9. The van der Waals surface area contributed by atoms with Gasteiger partial charge in [0, 0.05) is 12.9 Å². The Balaban J connectivity index is 2.25. The molecule has 17 heavy (non-hydrogen) atoms. The molecule has 0 aliphatic heterocycles. The Morgan fingerprint density at radius 2 is 2.06 bits per heavy atom. The Kier molecular flexibility index (Phi) is 4.19. The normalized spacial score (nSPS) is 18.8. The highest BCUT2D eigenvalue weighted by Crippen LogP contribution is 2.43. The van der Waals surface area contributed by atoms with Crippen LogP contribution in [0.4, 0.5) is 0 Å². The van der Waals surface area contributed by atoms with E-state index in [1.807, 2.05) is 11.7 Å². The minimum absolute atomic E-state index is 0.308. The average Bonchev–Trinajstić information content (AvgIpc) is 2.90. The van der Waals surface area contributed by atoms with Gasteiger partial charge in [0.15, 0.2) is 0 Å². The molecule has 4 heteroatoms. The predicted molar refractivity (Wildman–Crippen MR) is 75.6 cm³/mol. The molecule has 1 aromatic rings. The van der Waals surface area contributed by atoms with E-state index in [1.54, 1.807) is 0 Å². The van der Waals surface area contributed by atoms with Crippen LogP contribution >= 0.6 is 27.5 Å². The van der Waals surface area contributed by atoms with Crippen LogP contribution in [0.5, 0.6) is 0 Å². The summed E-state index contributed by atoms with van der Waals surface area (Å²) in [4.78, 5) is 0. The number of nitrogens with zero attached hydrogens (tertiary/aromatic N) is 2. The van der Waals surface area contributed by atoms with E-state index in [-0.39, 0.29) is 0 Å². The summed E-state index contributed by atoms with van der Waals surface area (Å²) in [6, 6.07) is 0. The van der Waals surface area contributed by atoms with Gasteiger partial charge < -0.3 is 0 Å². The number of rotatable bonds is 4. The molecular weight excluding hydrogens is 300 g/mol. The number of aryl methyl sites for hydroxylation is 2. The first-order chi connectivity index (χ1) is 8.12. The van der Waals surface area contributed by atoms with E-state index < -0.39 is 0 Å². The Morgan fingerprint density at radius 3 is 2.53 bits per heavy atom. The zero-order chi connectivity index (χ0) is 12.5. The number of halogens is 2. The van der Waals surface area contributed by atoms with Crippen LogP contribution in [0, 0.1) is 5.41 Å². The first-order valence-corrected chi connectivity index (χ1v) is 7.71. The monoisotopic (exact) mass is 318 g/mol. The summed E-state index contributed by atoms with van der Waals surface area (Å²) in [7, 11) is 2.04. The van der Waals surface area contributed by atoms with E-state index in [0.717, 1.165) is 24.4 Å². The molecule has 1 aromatic heterocycles. The summed E-state index contributed by atoms with van der Waals surface area (Å²) >= 11 is 9.91. The van der Waals surface area contributed by atoms with Crippen LogP contribution in [-0.2, 0) is 19.9 Å². The maximum atomic E-state index is 6.21. The molecule has 1 fully saturated rings. The van der Waals surface area contributed by atoms with Gasteiger partial charge >= 0.3 is 0 Å². The fraction of sp³-hybridized carbons (Fsp3) is 0.769. The van der Waals surface area contributed by atoms with Crippen molar-refractivity contribution in [3.63, 3.8) is 0 Å². The maximum absolute atomic E-state index is 6.21. The molecule has 96 valence electrons. The molecule has 0 radical (unpaired) electrons. The smallest absolute Gasteiger partial charge is 0.0766 e. The maximum Gasteiger partial charge on any atom is 0.0766 e. The van der Waals surface area contributed by atoms with Gasteiger partial charge in [0.25, 0.3) is 0 Å². The summed E-state index contributed by atoms with van der Waals surface area (Å²) in [5.74, 6) is 0.770. The van der Waals surface area contributed by atoms with Crippen LogP contribution in [0.3, 0.4) is 0 Å². The van der Waals surface area contributed by atoms with Gasteiger partial charge in [-0.1, -0.05) is 19.8 Å². The molecule has 1 aliphatic rings. The van der Waals surface area contributed by atoms with Crippen LogP contribution < -0.4 is 0 Å². The van der Waals surface area contributed by atoms with Crippen molar-refractivity contribution in [2.24, 2.45) is 12.5 Å². The van der Waals surface area contributed by atoms with E-state index >= 15 is 0 Å². The van der Waals surface area contributed by atoms with Gasteiger partial charge in [0.2, 0.25) is 0 Å². The zero-order valence-electron chi connectivity index (χ0n) is 10.6. The second-order valence-electron chi connectivity index (χ2n) is 5.20. The number of hydrogen-bond donors (Lipinski definition) is 0. The average molecular weight is 320 g/mol. The molecular formula is C13H20BrClN2. The molecule has 1 heterocycles. The van der Waals surface area contributed by atoms with Crippen molar-refractivity contribution < 1.29 is 0 Å². The van der Waals surface area contributed by atoms with E-state index in [2.05, 4.69) is 28.0 Å². The van der Waals surface area contributed by atoms with Crippen molar-refractivity contribution in [2.45, 2.75) is 45.4 Å². The molecule has 2 rings (SSSR count). The van der Waals surface area contributed by atoms with Crippen LogP contribution in [0.25, 0.3) is 0 Å². The van der Waals surface area contributed by atoms with Gasteiger partial charge in [-0.15, -0.1) is 11.6 Å². The van der Waals surface area contributed by atoms with E-state index in [1.165, 1.54) is 35.8 Å². The Labute approximate surface area is 117 Å². The summed E-state index contributed by atoms with van der Waals surface area (Å²) in [5, 5.41) is 4.56. The molecule has 0 atom stereocenters. The van der Waals surface area contributed by atoms with E-state index in [4.69, 9.17) is 11.6 Å². The number of alkyl halides is 1. The first-order valence-electron chi connectivity index (χ1n) is 6.38. The van der Waals surface area contributed by atoms with Crippen molar-refractivity contribution in [1.82, 2.24) is 9.78 Å². The third kappa shape index (κ3) is 2.55. The molecule has 0 N–H and O–H groups in total. The van der Waals surface area contributed by atoms with Gasteiger partial charge in [0.1, 0.15) is 0 Å². The Hall–Kier alpha value is -0.0200. The quantitative estimate of drug-likeness (QED) is 0.764. The SMILES string of the molecule is CCc1nn(C)c(CC2(CCl)CCCC2)c1Br. The van der Waals surface area contributed by atoms with Gasteiger partial charge in [-0.25, -0.2) is 0 Å². The predicted octanol–water partition coefficient (Wildman–Crippen LogP) is 4.09. The lowest BCUT2D eigenvalue weighted by Gasteiger charge is -2.26. The minimum atomic E-state index is 0.308. The Morgan fingerprint density at radius 1 is 1.41 bits per heavy atom. The molecule has 1 saturated carbocycles. The van der Waals surface area contributed by atoms with E-state index in [9.17, 15) is 0 Å². The third-order valence-corrected chi connectivity index (χ3v) is 5.48. The van der Waals surface area contributed by atoms with Gasteiger partial charge in [-0.2, -0.15) is 5.10 Å². The standard InChI is InChI=1S/C13H20BrClN2/c1-3-10-12(14)11(17(2)16-10)8-13(9-15)6-4-5-7-13/h3-9H2,1-2H3. The molecule has 1 aliphatic carbocycles. The first kappa shape index (κ1) is 13.4.